The van der Waals surface area contributed by atoms with Gasteiger partial charge in [0.05, 0.1) is 0 Å². The molecule has 2 amide bonds. The van der Waals surface area contributed by atoms with E-state index in [1.807, 2.05) is 30.3 Å². The molecule has 0 spiro atoms. The van der Waals surface area contributed by atoms with Crippen molar-refractivity contribution in [1.29, 1.82) is 0 Å². The summed E-state index contributed by atoms with van der Waals surface area (Å²) in [6, 6.07) is 17.3. The Morgan fingerprint density at radius 3 is 2.40 bits per heavy atom. The molecule has 2 aromatic rings. The highest BCUT2D eigenvalue weighted by Gasteiger charge is 2.21. The van der Waals surface area contributed by atoms with E-state index in [9.17, 15) is 9.59 Å². The average Bonchev–Trinajstić information content (AvgIpc) is 2.77. The van der Waals surface area contributed by atoms with Crippen molar-refractivity contribution >= 4 is 29.9 Å². The van der Waals surface area contributed by atoms with Crippen LogP contribution in [0.5, 0.6) is 0 Å². The summed E-state index contributed by atoms with van der Waals surface area (Å²) in [7, 11) is 0. The summed E-state index contributed by atoms with van der Waals surface area (Å²) in [6.07, 6.45) is 6.14. The summed E-state index contributed by atoms with van der Waals surface area (Å²) >= 11 is 0. The second-order valence-corrected chi connectivity index (χ2v) is 7.72. The fourth-order valence-electron chi connectivity index (χ4n) is 3.90. The lowest BCUT2D eigenvalue weighted by Crippen LogP contribution is -2.37. The Morgan fingerprint density at radius 1 is 0.967 bits per heavy atom. The fraction of sp³-hybridized carbons (Fsp3) is 0.417. The summed E-state index contributed by atoms with van der Waals surface area (Å²) in [5.74, 6) is 0.0973. The molecule has 0 atom stereocenters. The zero-order valence-electron chi connectivity index (χ0n) is 17.4. The molecular formula is C24H32ClN3O2. The van der Waals surface area contributed by atoms with Crippen LogP contribution in [0.1, 0.15) is 48.0 Å². The van der Waals surface area contributed by atoms with Gasteiger partial charge >= 0.3 is 0 Å². The SMILES string of the molecule is Cl.NCCN(CCc1ccccc1)C(=O)c1cccc(NC(=O)C2CCCCC2)c1. The van der Waals surface area contributed by atoms with E-state index in [0.717, 1.165) is 32.1 Å². The summed E-state index contributed by atoms with van der Waals surface area (Å²) in [5, 5.41) is 3.00. The number of amides is 2. The lowest BCUT2D eigenvalue weighted by molar-refractivity contribution is -0.120. The van der Waals surface area contributed by atoms with Gasteiger partial charge < -0.3 is 16.0 Å². The minimum atomic E-state index is -0.0554. The summed E-state index contributed by atoms with van der Waals surface area (Å²) in [5.41, 5.74) is 8.19. The van der Waals surface area contributed by atoms with Crippen LogP contribution in [0.15, 0.2) is 54.6 Å². The Morgan fingerprint density at radius 2 is 1.70 bits per heavy atom. The van der Waals surface area contributed by atoms with Crippen molar-refractivity contribution in [2.45, 2.75) is 38.5 Å². The van der Waals surface area contributed by atoms with Crippen molar-refractivity contribution in [1.82, 2.24) is 4.90 Å². The van der Waals surface area contributed by atoms with Crippen LogP contribution in [0.4, 0.5) is 5.69 Å². The van der Waals surface area contributed by atoms with Gasteiger partial charge in [-0.2, -0.15) is 0 Å². The monoisotopic (exact) mass is 429 g/mol. The first-order chi connectivity index (χ1) is 14.2. The van der Waals surface area contributed by atoms with E-state index in [-0.39, 0.29) is 30.1 Å². The van der Waals surface area contributed by atoms with Gasteiger partial charge in [-0.1, -0.05) is 55.7 Å². The Balaban J connectivity index is 0.00000320. The van der Waals surface area contributed by atoms with Crippen molar-refractivity contribution in [2.24, 2.45) is 11.7 Å². The van der Waals surface area contributed by atoms with Crippen LogP contribution in [-0.4, -0.2) is 36.3 Å². The number of benzene rings is 2. The fourth-order valence-corrected chi connectivity index (χ4v) is 3.90. The molecule has 0 saturated heterocycles. The lowest BCUT2D eigenvalue weighted by Gasteiger charge is -2.23. The molecule has 1 aliphatic carbocycles. The number of nitrogens with one attached hydrogen (secondary N) is 1. The third kappa shape index (κ3) is 6.85. The highest BCUT2D eigenvalue weighted by Crippen LogP contribution is 2.25. The zero-order chi connectivity index (χ0) is 20.5. The number of halogens is 1. The molecule has 0 radical (unpaired) electrons. The molecule has 5 nitrogen and oxygen atoms in total. The van der Waals surface area contributed by atoms with E-state index in [2.05, 4.69) is 17.4 Å². The van der Waals surface area contributed by atoms with E-state index in [0.29, 0.717) is 30.9 Å². The molecule has 0 aromatic heterocycles. The number of nitrogens with two attached hydrogens (primary N) is 1. The molecule has 0 bridgehead atoms. The minimum absolute atomic E-state index is 0. The van der Waals surface area contributed by atoms with Crippen LogP contribution in [0.2, 0.25) is 0 Å². The van der Waals surface area contributed by atoms with Gasteiger partial charge in [0.2, 0.25) is 5.91 Å². The second kappa shape index (κ2) is 12.4. The highest BCUT2D eigenvalue weighted by atomic mass is 35.5. The van der Waals surface area contributed by atoms with Crippen LogP contribution < -0.4 is 11.1 Å². The van der Waals surface area contributed by atoms with Gasteiger partial charge in [-0.05, 0) is 43.0 Å². The van der Waals surface area contributed by atoms with E-state index in [4.69, 9.17) is 5.73 Å². The number of hydrogen-bond donors (Lipinski definition) is 2. The van der Waals surface area contributed by atoms with Gasteiger partial charge in [0.25, 0.3) is 5.91 Å². The van der Waals surface area contributed by atoms with Crippen LogP contribution in [0.3, 0.4) is 0 Å². The molecule has 0 aliphatic heterocycles. The maximum Gasteiger partial charge on any atom is 0.253 e. The van der Waals surface area contributed by atoms with Crippen LogP contribution >= 0.6 is 12.4 Å². The average molecular weight is 430 g/mol. The first-order valence-corrected chi connectivity index (χ1v) is 10.6. The van der Waals surface area contributed by atoms with Crippen LogP contribution in [-0.2, 0) is 11.2 Å². The minimum Gasteiger partial charge on any atom is -0.337 e. The third-order valence-electron chi connectivity index (χ3n) is 5.55. The van der Waals surface area contributed by atoms with E-state index < -0.39 is 0 Å². The predicted octanol–water partition coefficient (Wildman–Crippen LogP) is 4.27. The number of rotatable bonds is 8. The first kappa shape index (κ1) is 23.9. The second-order valence-electron chi connectivity index (χ2n) is 7.72. The van der Waals surface area contributed by atoms with Crippen molar-refractivity contribution < 1.29 is 9.59 Å². The molecule has 0 heterocycles. The molecule has 1 aliphatic rings. The van der Waals surface area contributed by atoms with Crippen molar-refractivity contribution in [3.63, 3.8) is 0 Å². The molecule has 30 heavy (non-hydrogen) atoms. The van der Waals surface area contributed by atoms with Gasteiger partial charge in [0, 0.05) is 36.8 Å². The Labute approximate surface area is 185 Å². The maximum absolute atomic E-state index is 13.1. The standard InChI is InChI=1S/C24H31N3O2.ClH/c25-15-17-27(16-14-19-8-3-1-4-9-19)24(29)21-12-7-13-22(18-21)26-23(28)20-10-5-2-6-11-20;/h1,3-4,7-9,12-13,18,20H,2,5-6,10-11,14-17,25H2,(H,26,28);1H. The molecule has 162 valence electrons. The molecule has 0 unspecified atom stereocenters. The number of carbonyl (C=O) groups excluding carboxylic acids is 2. The summed E-state index contributed by atoms with van der Waals surface area (Å²) in [6.45, 7) is 1.53. The molecule has 3 N–H and O–H groups in total. The van der Waals surface area contributed by atoms with Crippen molar-refractivity contribution in [2.75, 3.05) is 25.0 Å². The smallest absolute Gasteiger partial charge is 0.253 e. The van der Waals surface area contributed by atoms with Crippen molar-refractivity contribution in [3.05, 3.63) is 65.7 Å². The maximum atomic E-state index is 13.1. The van der Waals surface area contributed by atoms with Gasteiger partial charge in [0.15, 0.2) is 0 Å². The molecule has 1 fully saturated rings. The quantitative estimate of drug-likeness (QED) is 0.657. The van der Waals surface area contributed by atoms with Gasteiger partial charge in [-0.15, -0.1) is 12.4 Å². The Bertz CT molecular complexity index is 807. The number of nitrogens with zero attached hydrogens (tertiary/aromatic N) is 1. The number of anilines is 1. The van der Waals surface area contributed by atoms with E-state index >= 15 is 0 Å². The van der Waals surface area contributed by atoms with Crippen LogP contribution in [0, 0.1) is 5.92 Å². The first-order valence-electron chi connectivity index (χ1n) is 10.6. The van der Waals surface area contributed by atoms with Crippen LogP contribution in [0.25, 0.3) is 0 Å². The lowest BCUT2D eigenvalue weighted by atomic mass is 9.88. The predicted molar refractivity (Wildman–Crippen MR) is 124 cm³/mol. The Kier molecular flexibility index (Phi) is 9.84. The molecule has 6 heteroatoms. The summed E-state index contributed by atoms with van der Waals surface area (Å²) < 4.78 is 0. The van der Waals surface area contributed by atoms with Gasteiger partial charge in [-0.3, -0.25) is 9.59 Å². The molecule has 1 saturated carbocycles. The third-order valence-corrected chi connectivity index (χ3v) is 5.55. The molecular weight excluding hydrogens is 398 g/mol. The number of carbonyl (C=O) groups is 2. The highest BCUT2D eigenvalue weighted by molar-refractivity contribution is 5.97. The number of hydrogen-bond acceptors (Lipinski definition) is 3. The van der Waals surface area contributed by atoms with Gasteiger partial charge in [0.1, 0.15) is 0 Å². The summed E-state index contributed by atoms with van der Waals surface area (Å²) in [4.78, 5) is 27.4. The molecule has 3 rings (SSSR count). The normalized spacial score (nSPS) is 13.9. The topological polar surface area (TPSA) is 75.4 Å². The van der Waals surface area contributed by atoms with Crippen molar-refractivity contribution in [3.8, 4) is 0 Å². The Hall–Kier alpha value is -2.37. The molecule has 2 aromatic carbocycles. The zero-order valence-corrected chi connectivity index (χ0v) is 18.2. The van der Waals surface area contributed by atoms with E-state index in [1.165, 1.54) is 12.0 Å². The largest absolute Gasteiger partial charge is 0.337 e. The van der Waals surface area contributed by atoms with E-state index in [1.54, 1.807) is 17.0 Å². The van der Waals surface area contributed by atoms with Gasteiger partial charge in [-0.25, -0.2) is 0 Å².